The summed E-state index contributed by atoms with van der Waals surface area (Å²) < 4.78 is 2.21. The van der Waals surface area contributed by atoms with Crippen molar-refractivity contribution in [3.63, 3.8) is 0 Å². The van der Waals surface area contributed by atoms with Gasteiger partial charge in [0.05, 0.1) is 5.69 Å². The van der Waals surface area contributed by atoms with Gasteiger partial charge in [0.2, 0.25) is 5.91 Å². The third kappa shape index (κ3) is 2.27. The topological polar surface area (TPSA) is 59.0 Å². The van der Waals surface area contributed by atoms with Gasteiger partial charge in [0.15, 0.2) is 0 Å². The van der Waals surface area contributed by atoms with E-state index in [1.165, 1.54) is 18.5 Å². The van der Waals surface area contributed by atoms with E-state index in [2.05, 4.69) is 15.2 Å². The highest BCUT2D eigenvalue weighted by Crippen LogP contribution is 2.41. The summed E-state index contributed by atoms with van der Waals surface area (Å²) in [5.41, 5.74) is 2.41. The van der Waals surface area contributed by atoms with Crippen molar-refractivity contribution in [2.75, 3.05) is 13.1 Å². The highest BCUT2D eigenvalue weighted by atomic mass is 16.2. The predicted octanol–water partition coefficient (Wildman–Crippen LogP) is 1.10. The Morgan fingerprint density at radius 3 is 3.05 bits per heavy atom. The second kappa shape index (κ2) is 4.96. The average Bonchev–Trinajstić information content (AvgIpc) is 3.19. The van der Waals surface area contributed by atoms with Gasteiger partial charge in [0, 0.05) is 37.7 Å². The van der Waals surface area contributed by atoms with E-state index in [1.807, 2.05) is 13.8 Å². The first-order chi connectivity index (χ1) is 9.22. The molecule has 5 nitrogen and oxygen atoms in total. The van der Waals surface area contributed by atoms with Crippen LogP contribution in [0, 0.1) is 0 Å². The van der Waals surface area contributed by atoms with Gasteiger partial charge in [0.25, 0.3) is 0 Å². The fourth-order valence-corrected chi connectivity index (χ4v) is 2.85. The highest BCUT2D eigenvalue weighted by molar-refractivity contribution is 5.80. The molecular formula is C14H22N4O. The standard InChI is InChI=1S/C14H22N4O/c1-3-16-14(19)9(2)18-12-6-7-15-8-11(12)17-13(18)10-4-5-10/h9-10,15H,3-8H2,1-2H3,(H,16,19). The zero-order valence-electron chi connectivity index (χ0n) is 11.7. The molecule has 1 fully saturated rings. The molecule has 1 aliphatic carbocycles. The third-order valence-corrected chi connectivity index (χ3v) is 4.01. The van der Waals surface area contributed by atoms with Crippen LogP contribution in [0.15, 0.2) is 0 Å². The summed E-state index contributed by atoms with van der Waals surface area (Å²) in [6, 6.07) is -0.148. The number of likely N-dealkylation sites (N-methyl/N-ethyl adjacent to an activating group) is 1. The van der Waals surface area contributed by atoms with Crippen molar-refractivity contribution < 1.29 is 4.79 Å². The van der Waals surface area contributed by atoms with Gasteiger partial charge >= 0.3 is 0 Å². The molecule has 0 aromatic carbocycles. The molecule has 5 heteroatoms. The number of rotatable bonds is 4. The monoisotopic (exact) mass is 262 g/mol. The molecule has 1 aromatic rings. The predicted molar refractivity (Wildman–Crippen MR) is 73.0 cm³/mol. The van der Waals surface area contributed by atoms with Gasteiger partial charge in [-0.3, -0.25) is 4.79 Å². The number of amides is 1. The molecule has 0 radical (unpaired) electrons. The Labute approximate surface area is 113 Å². The summed E-state index contributed by atoms with van der Waals surface area (Å²) in [6.45, 7) is 6.44. The lowest BCUT2D eigenvalue weighted by Crippen LogP contribution is -2.33. The smallest absolute Gasteiger partial charge is 0.242 e. The van der Waals surface area contributed by atoms with Gasteiger partial charge in [-0.05, 0) is 26.7 Å². The molecule has 0 saturated heterocycles. The van der Waals surface area contributed by atoms with Crippen LogP contribution in [-0.2, 0) is 17.8 Å². The van der Waals surface area contributed by atoms with Crippen molar-refractivity contribution in [2.24, 2.45) is 0 Å². The maximum Gasteiger partial charge on any atom is 0.242 e. The number of nitrogens with one attached hydrogen (secondary N) is 2. The van der Waals surface area contributed by atoms with Crippen molar-refractivity contribution in [1.82, 2.24) is 20.2 Å². The number of carbonyl (C=O) groups is 1. The van der Waals surface area contributed by atoms with Crippen molar-refractivity contribution in [3.8, 4) is 0 Å². The maximum atomic E-state index is 12.1. The average molecular weight is 262 g/mol. The molecule has 2 heterocycles. The fraction of sp³-hybridized carbons (Fsp3) is 0.714. The fourth-order valence-electron chi connectivity index (χ4n) is 2.85. The van der Waals surface area contributed by atoms with Crippen LogP contribution in [0.1, 0.15) is 55.9 Å². The van der Waals surface area contributed by atoms with Crippen LogP contribution in [0.2, 0.25) is 0 Å². The van der Waals surface area contributed by atoms with Crippen molar-refractivity contribution in [1.29, 1.82) is 0 Å². The summed E-state index contributed by atoms with van der Waals surface area (Å²) in [4.78, 5) is 16.9. The summed E-state index contributed by atoms with van der Waals surface area (Å²) in [5.74, 6) is 1.80. The lowest BCUT2D eigenvalue weighted by Gasteiger charge is -2.21. The van der Waals surface area contributed by atoms with E-state index in [4.69, 9.17) is 4.98 Å². The Balaban J connectivity index is 1.97. The normalized spacial score (nSPS) is 19.9. The number of fused-ring (bicyclic) bond motifs is 1. The molecule has 1 aliphatic heterocycles. The minimum absolute atomic E-state index is 0.100. The van der Waals surface area contributed by atoms with Gasteiger partial charge in [-0.1, -0.05) is 0 Å². The summed E-state index contributed by atoms with van der Waals surface area (Å²) >= 11 is 0. The van der Waals surface area contributed by atoms with Crippen LogP contribution in [0.25, 0.3) is 0 Å². The van der Waals surface area contributed by atoms with Crippen LogP contribution in [0.5, 0.6) is 0 Å². The van der Waals surface area contributed by atoms with Gasteiger partial charge < -0.3 is 15.2 Å². The number of hydrogen-bond acceptors (Lipinski definition) is 3. The summed E-state index contributed by atoms with van der Waals surface area (Å²) in [6.07, 6.45) is 3.40. The van der Waals surface area contributed by atoms with E-state index in [0.29, 0.717) is 12.5 Å². The van der Waals surface area contributed by atoms with Crippen molar-refractivity contribution in [3.05, 3.63) is 17.2 Å². The Hall–Kier alpha value is -1.36. The number of nitrogens with zero attached hydrogens (tertiary/aromatic N) is 2. The van der Waals surface area contributed by atoms with Crippen molar-refractivity contribution in [2.45, 2.75) is 51.6 Å². The molecule has 1 saturated carbocycles. The van der Waals surface area contributed by atoms with Gasteiger partial charge in [-0.2, -0.15) is 0 Å². The summed E-state index contributed by atoms with van der Waals surface area (Å²) in [5, 5.41) is 6.28. The Bertz CT molecular complexity index is 490. The van der Waals surface area contributed by atoms with E-state index >= 15 is 0 Å². The van der Waals surface area contributed by atoms with Gasteiger partial charge in [-0.15, -0.1) is 0 Å². The summed E-state index contributed by atoms with van der Waals surface area (Å²) in [7, 11) is 0. The molecule has 0 bridgehead atoms. The molecule has 104 valence electrons. The molecule has 1 unspecified atom stereocenters. The lowest BCUT2D eigenvalue weighted by molar-refractivity contribution is -0.123. The van der Waals surface area contributed by atoms with Crippen LogP contribution >= 0.6 is 0 Å². The third-order valence-electron chi connectivity index (χ3n) is 4.01. The van der Waals surface area contributed by atoms with Crippen molar-refractivity contribution >= 4 is 5.91 Å². The SMILES string of the molecule is CCNC(=O)C(C)n1c(C2CC2)nc2c1CCNC2. The first kappa shape index (κ1) is 12.7. The highest BCUT2D eigenvalue weighted by Gasteiger charge is 2.34. The number of carbonyl (C=O) groups excluding carboxylic acids is 1. The lowest BCUT2D eigenvalue weighted by atomic mass is 10.1. The molecule has 2 aliphatic rings. The Morgan fingerprint density at radius 1 is 1.58 bits per heavy atom. The molecule has 1 atom stereocenters. The first-order valence-corrected chi connectivity index (χ1v) is 7.30. The van der Waals surface area contributed by atoms with Crippen LogP contribution in [-0.4, -0.2) is 28.5 Å². The molecule has 2 N–H and O–H groups in total. The minimum atomic E-state index is -0.148. The van der Waals surface area contributed by atoms with Crippen LogP contribution in [0.4, 0.5) is 0 Å². The zero-order valence-corrected chi connectivity index (χ0v) is 11.7. The van der Waals surface area contributed by atoms with Gasteiger partial charge in [-0.25, -0.2) is 4.98 Å². The number of imidazole rings is 1. The Kier molecular flexibility index (Phi) is 3.31. The van der Waals surface area contributed by atoms with E-state index in [1.54, 1.807) is 0 Å². The first-order valence-electron chi connectivity index (χ1n) is 7.30. The minimum Gasteiger partial charge on any atom is -0.355 e. The second-order valence-corrected chi connectivity index (χ2v) is 5.50. The van der Waals surface area contributed by atoms with Crippen LogP contribution < -0.4 is 10.6 Å². The molecule has 3 rings (SSSR count). The Morgan fingerprint density at radius 2 is 2.37 bits per heavy atom. The van der Waals surface area contributed by atoms with E-state index < -0.39 is 0 Å². The second-order valence-electron chi connectivity index (χ2n) is 5.50. The molecule has 1 amide bonds. The van der Waals surface area contributed by atoms with Gasteiger partial charge in [0.1, 0.15) is 11.9 Å². The quantitative estimate of drug-likeness (QED) is 0.854. The van der Waals surface area contributed by atoms with Crippen LogP contribution in [0.3, 0.4) is 0 Å². The molecular weight excluding hydrogens is 240 g/mol. The molecule has 1 aromatic heterocycles. The van der Waals surface area contributed by atoms with E-state index in [9.17, 15) is 4.79 Å². The maximum absolute atomic E-state index is 12.1. The van der Waals surface area contributed by atoms with E-state index in [-0.39, 0.29) is 11.9 Å². The number of hydrogen-bond donors (Lipinski definition) is 2. The zero-order chi connectivity index (χ0) is 13.4. The van der Waals surface area contributed by atoms with E-state index in [0.717, 1.165) is 31.0 Å². The molecule has 0 spiro atoms. The number of aromatic nitrogens is 2. The molecule has 19 heavy (non-hydrogen) atoms. The largest absolute Gasteiger partial charge is 0.355 e.